The number of hydrogen-bond donors (Lipinski definition) is 1. The number of nitrogens with one attached hydrogen (secondary N) is 1. The van der Waals surface area contributed by atoms with Crippen LogP contribution in [0.1, 0.15) is 35.2 Å². The lowest BCUT2D eigenvalue weighted by molar-refractivity contribution is -0.131. The van der Waals surface area contributed by atoms with E-state index in [9.17, 15) is 23.2 Å². The van der Waals surface area contributed by atoms with Crippen molar-refractivity contribution in [3.63, 3.8) is 0 Å². The van der Waals surface area contributed by atoms with Gasteiger partial charge in [0, 0.05) is 49.6 Å². The second kappa shape index (κ2) is 14.2. The number of benzene rings is 1. The lowest BCUT2D eigenvalue weighted by atomic mass is 9.99. The Morgan fingerprint density at radius 3 is 2.64 bits per heavy atom. The second-order valence-corrected chi connectivity index (χ2v) is 12.2. The summed E-state index contributed by atoms with van der Waals surface area (Å²) in [5, 5.41) is 17.8. The number of fused-ring (bicyclic) bond motifs is 2. The fourth-order valence-electron chi connectivity index (χ4n) is 6.79. The molecule has 2 fully saturated rings. The first kappa shape index (κ1) is 36.2. The zero-order valence-corrected chi connectivity index (χ0v) is 28.6. The number of nitrogens with zero attached hydrogens (tertiary/aromatic N) is 8. The molecule has 1 amide bonds. The van der Waals surface area contributed by atoms with Crippen molar-refractivity contribution >= 4 is 55.3 Å². The van der Waals surface area contributed by atoms with Gasteiger partial charge in [-0.15, -0.1) is 0 Å². The van der Waals surface area contributed by atoms with Gasteiger partial charge in [-0.25, -0.2) is 13.2 Å². The van der Waals surface area contributed by atoms with E-state index in [1.54, 1.807) is 11.9 Å². The first-order valence-corrected chi connectivity index (χ1v) is 15.0. The summed E-state index contributed by atoms with van der Waals surface area (Å²) in [5.41, 5.74) is 5.94. The van der Waals surface area contributed by atoms with Gasteiger partial charge in [0.2, 0.25) is 0 Å². The molecule has 2 aromatic heterocycles. The smallest absolute Gasteiger partial charge is 0.318 e. The third-order valence-electron chi connectivity index (χ3n) is 9.22. The second-order valence-electron chi connectivity index (χ2n) is 12.2. The van der Waals surface area contributed by atoms with Gasteiger partial charge in [0.15, 0.2) is 5.83 Å². The van der Waals surface area contributed by atoms with Crippen LogP contribution in [-0.4, -0.2) is 100 Å². The molecular weight excluding hydrogens is 652 g/mol. The highest BCUT2D eigenvalue weighted by atomic mass is 32.1. The number of anilines is 2. The number of nitriles is 1. The van der Waals surface area contributed by atoms with Gasteiger partial charge in [-0.05, 0) is 44.5 Å². The van der Waals surface area contributed by atoms with Crippen LogP contribution in [0.4, 0.5) is 24.7 Å². The van der Waals surface area contributed by atoms with E-state index >= 15 is 0 Å². The molecular formula is C31H40F3N9O2S2. The minimum atomic E-state index is -2.78. The molecule has 0 bridgehead atoms. The van der Waals surface area contributed by atoms with Gasteiger partial charge < -0.3 is 19.4 Å². The van der Waals surface area contributed by atoms with Crippen molar-refractivity contribution in [3.05, 3.63) is 47.1 Å². The van der Waals surface area contributed by atoms with Crippen molar-refractivity contribution < 1.29 is 22.7 Å². The molecule has 1 aromatic carbocycles. The Morgan fingerprint density at radius 1 is 1.19 bits per heavy atom. The third-order valence-corrected chi connectivity index (χ3v) is 9.22. The lowest BCUT2D eigenvalue weighted by Gasteiger charge is -2.42. The number of carbonyl (C=O) groups excluding carboxylic acids is 1. The molecule has 254 valence electrons. The van der Waals surface area contributed by atoms with E-state index in [0.29, 0.717) is 31.9 Å². The van der Waals surface area contributed by atoms with Gasteiger partial charge in [0.1, 0.15) is 12.4 Å². The van der Waals surface area contributed by atoms with E-state index in [4.69, 9.17) is 14.7 Å². The summed E-state index contributed by atoms with van der Waals surface area (Å²) in [7, 11) is 1.65. The molecule has 0 unspecified atom stereocenters. The highest BCUT2D eigenvalue weighted by Gasteiger charge is 2.43. The number of hydrogen-bond acceptors (Lipinski definition) is 9. The highest BCUT2D eigenvalue weighted by Crippen LogP contribution is 2.38. The van der Waals surface area contributed by atoms with Crippen LogP contribution >= 0.6 is 27.0 Å². The summed E-state index contributed by atoms with van der Waals surface area (Å²) in [6.45, 7) is 8.87. The van der Waals surface area contributed by atoms with Crippen molar-refractivity contribution in [2.45, 2.75) is 57.7 Å². The van der Waals surface area contributed by atoms with Crippen molar-refractivity contribution in [1.29, 1.82) is 5.26 Å². The fourth-order valence-corrected chi connectivity index (χ4v) is 6.79. The molecule has 0 aliphatic carbocycles. The first-order valence-electron chi connectivity index (χ1n) is 15.0. The molecule has 16 heteroatoms. The van der Waals surface area contributed by atoms with E-state index in [1.165, 1.54) is 4.90 Å². The Balaban J connectivity index is 0.00000250. The molecule has 2 saturated heterocycles. The zero-order chi connectivity index (χ0) is 32.0. The predicted molar refractivity (Wildman–Crippen MR) is 183 cm³/mol. The number of aromatic amines is 1. The van der Waals surface area contributed by atoms with E-state index in [0.717, 1.165) is 39.0 Å². The summed E-state index contributed by atoms with van der Waals surface area (Å²) in [5.74, 6) is -4.06. The number of piperazine rings is 1. The number of halogens is 3. The maximum atomic E-state index is 14.1. The number of aromatic nitrogens is 4. The van der Waals surface area contributed by atoms with E-state index in [-0.39, 0.29) is 72.1 Å². The molecule has 2 atom stereocenters. The Labute approximate surface area is 285 Å². The van der Waals surface area contributed by atoms with Crippen LogP contribution in [0.2, 0.25) is 0 Å². The fraction of sp³-hybridized carbons (Fsp3) is 0.516. The van der Waals surface area contributed by atoms with Gasteiger partial charge in [-0.2, -0.15) is 47.3 Å². The molecule has 47 heavy (non-hydrogen) atoms. The Kier molecular flexibility index (Phi) is 10.9. The number of likely N-dealkylation sites (N-methyl/N-ethyl adjacent to an activating group) is 1. The molecule has 3 aromatic rings. The van der Waals surface area contributed by atoms with Gasteiger partial charge in [-0.3, -0.25) is 14.8 Å². The summed E-state index contributed by atoms with van der Waals surface area (Å²) < 4.78 is 48.0. The number of H-pyrrole nitrogens is 1. The van der Waals surface area contributed by atoms with Gasteiger partial charge in [0.25, 0.3) is 11.8 Å². The third kappa shape index (κ3) is 7.12. The molecule has 6 rings (SSSR count). The number of likely N-dealkylation sites (tertiary alicyclic amines) is 1. The standard InChI is InChI=1S/C31H36F3N9O2.2H2S/c1-18-11-25-24(13-36-39-25)27(19(18)2)41-8-6-23-26(15-41)37-30(45-16-22-12-31(33,34)17-40(22)4)38-28(23)42-9-10-43(29(44)20(3)32)21(14-42)5-7-35;;/h11,13,21-22H,3,5-6,8-10,12,14-17H2,1-2,4H3,(H,36,39);2*1H2/t21-,22-;;/m0../s1. The zero-order valence-electron chi connectivity index (χ0n) is 26.6. The van der Waals surface area contributed by atoms with Crippen LogP contribution in [0.3, 0.4) is 0 Å². The highest BCUT2D eigenvalue weighted by molar-refractivity contribution is 7.59. The minimum Gasteiger partial charge on any atom is -0.462 e. The van der Waals surface area contributed by atoms with Crippen LogP contribution in [0.25, 0.3) is 10.9 Å². The SMILES string of the molecule is C=C(F)C(=O)N1CCN(c2nc(OC[C@@H]3CC(F)(F)CN3C)nc3c2CCN(c2c(C)c(C)cc4[nH]ncc24)C3)C[C@@H]1CC#N.S.S. The van der Waals surface area contributed by atoms with Crippen LogP contribution in [0.5, 0.6) is 6.01 Å². The van der Waals surface area contributed by atoms with Crippen LogP contribution < -0.4 is 14.5 Å². The van der Waals surface area contributed by atoms with Crippen molar-refractivity contribution in [3.8, 4) is 12.1 Å². The molecule has 3 aliphatic heterocycles. The van der Waals surface area contributed by atoms with Crippen LogP contribution in [-0.2, 0) is 17.8 Å². The molecule has 1 N–H and O–H groups in total. The molecule has 0 saturated carbocycles. The molecule has 5 heterocycles. The number of alkyl halides is 2. The van der Waals surface area contributed by atoms with Crippen molar-refractivity contribution in [2.24, 2.45) is 0 Å². The summed E-state index contributed by atoms with van der Waals surface area (Å²) in [6.07, 6.45) is 2.13. The number of rotatable bonds is 7. The summed E-state index contributed by atoms with van der Waals surface area (Å²) in [6, 6.07) is 3.20. The minimum absolute atomic E-state index is 0. The monoisotopic (exact) mass is 691 g/mol. The number of aryl methyl sites for hydroxylation is 1. The number of amides is 1. The topological polar surface area (TPSA) is 118 Å². The van der Waals surface area contributed by atoms with Crippen LogP contribution in [0, 0.1) is 25.2 Å². The Hall–Kier alpha value is -3.68. The normalized spacial score (nSPS) is 20.7. The van der Waals surface area contributed by atoms with E-state index in [2.05, 4.69) is 47.7 Å². The Bertz CT molecular complexity index is 1700. The first-order chi connectivity index (χ1) is 21.5. The molecule has 3 aliphatic rings. The molecule has 0 radical (unpaired) electrons. The van der Waals surface area contributed by atoms with Gasteiger partial charge >= 0.3 is 6.01 Å². The quantitative estimate of drug-likeness (QED) is 0.369. The summed E-state index contributed by atoms with van der Waals surface area (Å²) >= 11 is 0. The number of ether oxygens (including phenoxy) is 1. The average molecular weight is 692 g/mol. The lowest BCUT2D eigenvalue weighted by Crippen LogP contribution is -2.55. The van der Waals surface area contributed by atoms with Crippen molar-refractivity contribution in [1.82, 2.24) is 30.0 Å². The maximum Gasteiger partial charge on any atom is 0.318 e. The summed E-state index contributed by atoms with van der Waals surface area (Å²) in [4.78, 5) is 29.3. The van der Waals surface area contributed by atoms with Gasteiger partial charge in [0.05, 0.1) is 54.7 Å². The largest absolute Gasteiger partial charge is 0.462 e. The van der Waals surface area contributed by atoms with E-state index < -0.39 is 29.7 Å². The molecule has 0 spiro atoms. The predicted octanol–water partition coefficient (Wildman–Crippen LogP) is 3.89. The molecule has 11 nitrogen and oxygen atoms in total. The Morgan fingerprint density at radius 2 is 1.96 bits per heavy atom. The maximum absolute atomic E-state index is 14.1. The number of carbonyl (C=O) groups is 1. The van der Waals surface area contributed by atoms with E-state index in [1.807, 2.05) is 11.1 Å². The van der Waals surface area contributed by atoms with Gasteiger partial charge in [-0.1, -0.05) is 6.58 Å². The van der Waals surface area contributed by atoms with Crippen LogP contribution in [0.15, 0.2) is 24.7 Å². The van der Waals surface area contributed by atoms with Crippen molar-refractivity contribution in [2.75, 3.05) is 56.2 Å². The average Bonchev–Trinajstić information content (AvgIpc) is 3.57.